The molecule has 0 saturated carbocycles. The van der Waals surface area contributed by atoms with E-state index in [4.69, 9.17) is 4.74 Å². The molecule has 8 heteroatoms. The molecule has 26 heavy (non-hydrogen) atoms. The standard InChI is InChI=1S/C18H26N4O4/c1-18(2,3)26-17(25)19-14-9-11-22(12-10-14)21-16(24)20-15(23)13-7-5-4-6-8-13/h4-8,14H,9-12H2,1-3H3,(H,19,25)(H2,20,21,23,24). The first-order valence-electron chi connectivity index (χ1n) is 8.64. The average molecular weight is 362 g/mol. The number of amides is 4. The Kier molecular flexibility index (Phi) is 6.57. The molecule has 0 aliphatic carbocycles. The second kappa shape index (κ2) is 8.66. The van der Waals surface area contributed by atoms with Crippen LogP contribution in [-0.4, -0.2) is 47.8 Å². The zero-order chi connectivity index (χ0) is 19.2. The van der Waals surface area contributed by atoms with Gasteiger partial charge in [-0.2, -0.15) is 0 Å². The summed E-state index contributed by atoms with van der Waals surface area (Å²) in [5.41, 5.74) is 2.54. The van der Waals surface area contributed by atoms with Gasteiger partial charge in [0.15, 0.2) is 0 Å². The first kappa shape index (κ1) is 19.7. The average Bonchev–Trinajstić information content (AvgIpc) is 2.55. The zero-order valence-electron chi connectivity index (χ0n) is 15.4. The number of piperidine rings is 1. The second-order valence-electron chi connectivity index (χ2n) is 7.17. The van der Waals surface area contributed by atoms with Crippen molar-refractivity contribution in [3.05, 3.63) is 35.9 Å². The Labute approximate surface area is 153 Å². The summed E-state index contributed by atoms with van der Waals surface area (Å²) in [5, 5.41) is 6.85. The molecular formula is C18H26N4O4. The van der Waals surface area contributed by atoms with Crippen LogP contribution in [0.25, 0.3) is 0 Å². The van der Waals surface area contributed by atoms with Gasteiger partial charge >= 0.3 is 12.1 Å². The van der Waals surface area contributed by atoms with Gasteiger partial charge in [0.25, 0.3) is 5.91 Å². The Morgan fingerprint density at radius 3 is 2.27 bits per heavy atom. The number of carbonyl (C=O) groups excluding carboxylic acids is 3. The van der Waals surface area contributed by atoms with E-state index in [1.165, 1.54) is 0 Å². The Morgan fingerprint density at radius 2 is 1.69 bits per heavy atom. The highest BCUT2D eigenvalue weighted by Crippen LogP contribution is 2.11. The number of nitrogens with zero attached hydrogens (tertiary/aromatic N) is 1. The largest absolute Gasteiger partial charge is 0.444 e. The SMILES string of the molecule is CC(C)(C)OC(=O)NC1CCN(NC(=O)NC(=O)c2ccccc2)CC1. The van der Waals surface area contributed by atoms with Gasteiger partial charge in [-0.3, -0.25) is 15.5 Å². The lowest BCUT2D eigenvalue weighted by Crippen LogP contribution is -2.54. The van der Waals surface area contributed by atoms with Gasteiger partial charge in [-0.05, 0) is 45.7 Å². The molecule has 8 nitrogen and oxygen atoms in total. The zero-order valence-corrected chi connectivity index (χ0v) is 15.4. The summed E-state index contributed by atoms with van der Waals surface area (Å²) in [5.74, 6) is -0.454. The van der Waals surface area contributed by atoms with Gasteiger partial charge in [-0.25, -0.2) is 14.6 Å². The fraction of sp³-hybridized carbons (Fsp3) is 0.500. The molecule has 1 aliphatic rings. The molecule has 1 aromatic rings. The van der Waals surface area contributed by atoms with Crippen LogP contribution in [0.15, 0.2) is 30.3 Å². The van der Waals surface area contributed by atoms with Crippen LogP contribution >= 0.6 is 0 Å². The lowest BCUT2D eigenvalue weighted by molar-refractivity contribution is 0.0467. The molecule has 0 atom stereocenters. The molecule has 2 rings (SSSR count). The number of benzene rings is 1. The van der Waals surface area contributed by atoms with Crippen LogP contribution in [0.1, 0.15) is 44.0 Å². The van der Waals surface area contributed by atoms with E-state index in [-0.39, 0.29) is 6.04 Å². The lowest BCUT2D eigenvalue weighted by Gasteiger charge is -2.32. The molecule has 0 bridgehead atoms. The van der Waals surface area contributed by atoms with Gasteiger partial charge in [-0.1, -0.05) is 18.2 Å². The number of urea groups is 1. The Bertz CT molecular complexity index is 634. The highest BCUT2D eigenvalue weighted by molar-refractivity contribution is 6.04. The second-order valence-corrected chi connectivity index (χ2v) is 7.17. The van der Waals surface area contributed by atoms with Crippen molar-refractivity contribution in [2.75, 3.05) is 13.1 Å². The van der Waals surface area contributed by atoms with E-state index < -0.39 is 23.6 Å². The van der Waals surface area contributed by atoms with Gasteiger partial charge in [-0.15, -0.1) is 0 Å². The molecule has 1 heterocycles. The topological polar surface area (TPSA) is 99.8 Å². The molecule has 3 N–H and O–H groups in total. The number of alkyl carbamates (subject to hydrolysis) is 1. The summed E-state index contributed by atoms with van der Waals surface area (Å²) in [6.07, 6.45) is 0.910. The molecule has 0 spiro atoms. The normalized spacial score (nSPS) is 15.8. The van der Waals surface area contributed by atoms with Crippen molar-refractivity contribution in [3.63, 3.8) is 0 Å². The molecular weight excluding hydrogens is 336 g/mol. The van der Waals surface area contributed by atoms with Gasteiger partial charge in [0, 0.05) is 24.7 Å². The van der Waals surface area contributed by atoms with Gasteiger partial charge in [0.2, 0.25) is 0 Å². The fourth-order valence-corrected chi connectivity index (χ4v) is 2.55. The molecule has 0 radical (unpaired) electrons. The van der Waals surface area contributed by atoms with Crippen molar-refractivity contribution in [1.29, 1.82) is 0 Å². The molecule has 142 valence electrons. The Morgan fingerprint density at radius 1 is 1.08 bits per heavy atom. The number of carbonyl (C=O) groups is 3. The summed E-state index contributed by atoms with van der Waals surface area (Å²) < 4.78 is 5.24. The fourth-order valence-electron chi connectivity index (χ4n) is 2.55. The predicted octanol–water partition coefficient (Wildman–Crippen LogP) is 2.03. The Balaban J connectivity index is 1.70. The number of nitrogens with one attached hydrogen (secondary N) is 3. The van der Waals surface area contributed by atoms with Crippen molar-refractivity contribution in [1.82, 2.24) is 21.1 Å². The third kappa shape index (κ3) is 6.72. The van der Waals surface area contributed by atoms with Crippen molar-refractivity contribution in [2.24, 2.45) is 0 Å². The van der Waals surface area contributed by atoms with Crippen molar-refractivity contribution in [3.8, 4) is 0 Å². The summed E-state index contributed by atoms with van der Waals surface area (Å²) in [7, 11) is 0. The van der Waals surface area contributed by atoms with Crippen LogP contribution in [0, 0.1) is 0 Å². The third-order valence-electron chi connectivity index (χ3n) is 3.74. The molecule has 1 aromatic carbocycles. The third-order valence-corrected chi connectivity index (χ3v) is 3.74. The predicted molar refractivity (Wildman–Crippen MR) is 96.4 cm³/mol. The summed E-state index contributed by atoms with van der Waals surface area (Å²) >= 11 is 0. The highest BCUT2D eigenvalue weighted by Gasteiger charge is 2.24. The first-order chi connectivity index (χ1) is 12.2. The minimum atomic E-state index is -0.572. The molecule has 4 amide bonds. The van der Waals surface area contributed by atoms with Crippen LogP contribution < -0.4 is 16.1 Å². The number of hydrogen-bond donors (Lipinski definition) is 3. The number of ether oxygens (including phenoxy) is 1. The van der Waals surface area contributed by atoms with E-state index in [9.17, 15) is 14.4 Å². The quantitative estimate of drug-likeness (QED) is 0.764. The van der Waals surface area contributed by atoms with E-state index in [1.54, 1.807) is 35.3 Å². The maximum Gasteiger partial charge on any atom is 0.407 e. The maximum atomic E-state index is 11.9. The molecule has 1 fully saturated rings. The number of rotatable bonds is 3. The lowest BCUT2D eigenvalue weighted by atomic mass is 10.1. The van der Waals surface area contributed by atoms with Crippen molar-refractivity contribution >= 4 is 18.0 Å². The number of hydrogen-bond acceptors (Lipinski definition) is 5. The molecule has 1 saturated heterocycles. The number of hydrazine groups is 1. The van der Waals surface area contributed by atoms with E-state index >= 15 is 0 Å². The minimum absolute atomic E-state index is 0.00286. The molecule has 0 unspecified atom stereocenters. The van der Waals surface area contributed by atoms with Crippen molar-refractivity contribution < 1.29 is 19.1 Å². The van der Waals surface area contributed by atoms with Crippen molar-refractivity contribution in [2.45, 2.75) is 45.3 Å². The maximum absolute atomic E-state index is 11.9. The van der Waals surface area contributed by atoms with Gasteiger partial charge in [0.05, 0.1) is 0 Å². The monoisotopic (exact) mass is 362 g/mol. The smallest absolute Gasteiger partial charge is 0.407 e. The molecule has 0 aromatic heterocycles. The highest BCUT2D eigenvalue weighted by atomic mass is 16.6. The molecule has 1 aliphatic heterocycles. The summed E-state index contributed by atoms with van der Waals surface area (Å²) in [6.45, 7) is 6.57. The number of imide groups is 1. The van der Waals surface area contributed by atoms with E-state index in [0.29, 0.717) is 31.5 Å². The van der Waals surface area contributed by atoms with E-state index in [0.717, 1.165) is 0 Å². The van der Waals surface area contributed by atoms with Crippen LogP contribution in [0.3, 0.4) is 0 Å². The van der Waals surface area contributed by atoms with Crippen LogP contribution in [0.4, 0.5) is 9.59 Å². The van der Waals surface area contributed by atoms with E-state index in [1.807, 2.05) is 20.8 Å². The minimum Gasteiger partial charge on any atom is -0.444 e. The van der Waals surface area contributed by atoms with Gasteiger partial charge in [0.1, 0.15) is 5.60 Å². The summed E-state index contributed by atoms with van der Waals surface area (Å²) in [4.78, 5) is 35.6. The van der Waals surface area contributed by atoms with Gasteiger partial charge < -0.3 is 10.1 Å². The van der Waals surface area contributed by atoms with Crippen LogP contribution in [-0.2, 0) is 4.74 Å². The van der Waals surface area contributed by atoms with Crippen LogP contribution in [0.5, 0.6) is 0 Å². The van der Waals surface area contributed by atoms with Crippen LogP contribution in [0.2, 0.25) is 0 Å². The first-order valence-corrected chi connectivity index (χ1v) is 8.64. The summed E-state index contributed by atoms with van der Waals surface area (Å²) in [6, 6.07) is 7.96. The Hall–Kier alpha value is -2.61. The van der Waals surface area contributed by atoms with E-state index in [2.05, 4.69) is 16.1 Å².